The minimum absolute atomic E-state index is 0.292. The van der Waals surface area contributed by atoms with Crippen LogP contribution in [0.4, 0.5) is 0 Å². The summed E-state index contributed by atoms with van der Waals surface area (Å²) >= 11 is 9.49. The Hall–Kier alpha value is -0.290. The number of rotatable bonds is 4. The van der Waals surface area contributed by atoms with Gasteiger partial charge in [0, 0.05) is 24.1 Å². The molecule has 3 nitrogen and oxygen atoms in total. The highest BCUT2D eigenvalue weighted by Gasteiger charge is 2.21. The molecule has 1 fully saturated rings. The average molecular weight is 349 g/mol. The van der Waals surface area contributed by atoms with Gasteiger partial charge in [0.1, 0.15) is 12.4 Å². The maximum atomic E-state index is 6.11. The second kappa shape index (κ2) is 6.93. The molecule has 0 bridgehead atoms. The van der Waals surface area contributed by atoms with Gasteiger partial charge in [0.25, 0.3) is 0 Å². The minimum Gasteiger partial charge on any atom is -0.491 e. The first-order chi connectivity index (χ1) is 9.04. The molecule has 19 heavy (non-hydrogen) atoms. The highest BCUT2D eigenvalue weighted by Crippen LogP contribution is 2.27. The predicted molar refractivity (Wildman–Crippen MR) is 81.1 cm³/mol. The quantitative estimate of drug-likeness (QED) is 0.830. The van der Waals surface area contributed by atoms with Crippen molar-refractivity contribution in [1.29, 1.82) is 0 Å². The van der Waals surface area contributed by atoms with E-state index in [1.807, 2.05) is 18.2 Å². The van der Waals surface area contributed by atoms with Crippen LogP contribution >= 0.6 is 27.5 Å². The van der Waals surface area contributed by atoms with Gasteiger partial charge in [-0.2, -0.15) is 0 Å². The van der Waals surface area contributed by atoms with Gasteiger partial charge in [0.15, 0.2) is 0 Å². The minimum atomic E-state index is 0.292. The molecule has 0 spiro atoms. The first-order valence-corrected chi connectivity index (χ1v) is 7.67. The van der Waals surface area contributed by atoms with Crippen molar-refractivity contribution in [2.75, 3.05) is 26.2 Å². The Bertz CT molecular complexity index is 420. The van der Waals surface area contributed by atoms with Crippen molar-refractivity contribution in [1.82, 2.24) is 4.90 Å². The Morgan fingerprint density at radius 2 is 2.05 bits per heavy atom. The summed E-state index contributed by atoms with van der Waals surface area (Å²) in [7, 11) is 0. The predicted octanol–water partition coefficient (Wildman–Crippen LogP) is 3.59. The fourth-order valence-electron chi connectivity index (χ4n) is 2.34. The Labute approximate surface area is 128 Å². The summed E-state index contributed by atoms with van der Waals surface area (Å²) in [6, 6.07) is 5.66. The van der Waals surface area contributed by atoms with Gasteiger partial charge in [-0.15, -0.1) is 0 Å². The van der Waals surface area contributed by atoms with Crippen LogP contribution < -0.4 is 4.74 Å². The van der Waals surface area contributed by atoms with E-state index < -0.39 is 0 Å². The van der Waals surface area contributed by atoms with Crippen molar-refractivity contribution in [3.05, 3.63) is 27.7 Å². The molecule has 1 aliphatic heterocycles. The van der Waals surface area contributed by atoms with Gasteiger partial charge >= 0.3 is 0 Å². The van der Waals surface area contributed by atoms with E-state index in [0.717, 1.165) is 29.9 Å². The molecule has 0 saturated carbocycles. The van der Waals surface area contributed by atoms with Crippen molar-refractivity contribution in [2.45, 2.75) is 26.1 Å². The van der Waals surface area contributed by atoms with E-state index in [0.29, 0.717) is 23.8 Å². The highest BCUT2D eigenvalue weighted by molar-refractivity contribution is 9.10. The van der Waals surface area contributed by atoms with Crippen LogP contribution in [-0.2, 0) is 4.74 Å². The molecule has 1 saturated heterocycles. The maximum absolute atomic E-state index is 6.11. The first-order valence-electron chi connectivity index (χ1n) is 6.50. The number of benzene rings is 1. The molecule has 0 amide bonds. The van der Waals surface area contributed by atoms with Gasteiger partial charge in [-0.1, -0.05) is 27.5 Å². The number of nitrogens with zero attached hydrogens (tertiary/aromatic N) is 1. The lowest BCUT2D eigenvalue weighted by molar-refractivity contribution is -0.0699. The van der Waals surface area contributed by atoms with Crippen LogP contribution in [0, 0.1) is 0 Å². The van der Waals surface area contributed by atoms with Gasteiger partial charge < -0.3 is 9.47 Å². The molecule has 0 unspecified atom stereocenters. The summed E-state index contributed by atoms with van der Waals surface area (Å²) in [4.78, 5) is 2.37. The standard InChI is InChI=1S/C14H19BrClNO2/c1-10-8-17(9-11(2)19-10)5-6-18-14-4-3-12(15)7-13(14)16/h3-4,7,10-11H,5-6,8-9H2,1-2H3/t10-,11-/m1/s1. The molecule has 1 aliphatic rings. The van der Waals surface area contributed by atoms with Gasteiger partial charge in [-0.25, -0.2) is 0 Å². The number of halogens is 2. The molecule has 0 aromatic heterocycles. The summed E-state index contributed by atoms with van der Waals surface area (Å²) < 4.78 is 12.4. The molecule has 1 aromatic rings. The van der Waals surface area contributed by atoms with E-state index >= 15 is 0 Å². The maximum Gasteiger partial charge on any atom is 0.138 e. The molecule has 1 aromatic carbocycles. The van der Waals surface area contributed by atoms with Gasteiger partial charge in [-0.3, -0.25) is 4.90 Å². The fraction of sp³-hybridized carbons (Fsp3) is 0.571. The van der Waals surface area contributed by atoms with E-state index in [-0.39, 0.29) is 0 Å². The SMILES string of the molecule is C[C@@H]1CN(CCOc2ccc(Br)cc2Cl)C[C@@H](C)O1. The molecule has 106 valence electrons. The lowest BCUT2D eigenvalue weighted by atomic mass is 10.2. The van der Waals surface area contributed by atoms with E-state index in [2.05, 4.69) is 34.7 Å². The second-order valence-corrected chi connectivity index (χ2v) is 6.26. The summed E-state index contributed by atoms with van der Waals surface area (Å²) in [6.45, 7) is 7.67. The van der Waals surface area contributed by atoms with Crippen LogP contribution in [0.1, 0.15) is 13.8 Å². The normalized spacial score (nSPS) is 24.4. The number of hydrogen-bond donors (Lipinski definition) is 0. The topological polar surface area (TPSA) is 21.7 Å². The van der Waals surface area contributed by atoms with E-state index in [1.54, 1.807) is 0 Å². The third-order valence-corrected chi connectivity index (χ3v) is 3.84. The van der Waals surface area contributed by atoms with Crippen molar-refractivity contribution in [3.63, 3.8) is 0 Å². The zero-order valence-corrected chi connectivity index (χ0v) is 13.6. The average Bonchev–Trinajstić information content (AvgIpc) is 2.30. The van der Waals surface area contributed by atoms with E-state index in [9.17, 15) is 0 Å². The summed E-state index contributed by atoms with van der Waals surface area (Å²) in [6.07, 6.45) is 0.583. The molecular formula is C14H19BrClNO2. The van der Waals surface area contributed by atoms with Crippen molar-refractivity contribution in [3.8, 4) is 5.75 Å². The molecule has 1 heterocycles. The molecule has 0 aliphatic carbocycles. The molecule has 2 atom stereocenters. The van der Waals surface area contributed by atoms with Crippen LogP contribution in [0.2, 0.25) is 5.02 Å². The molecule has 0 N–H and O–H groups in total. The number of hydrogen-bond acceptors (Lipinski definition) is 3. The van der Waals surface area contributed by atoms with Crippen LogP contribution in [0.5, 0.6) is 5.75 Å². The third-order valence-electron chi connectivity index (χ3n) is 3.05. The van der Waals surface area contributed by atoms with E-state index in [1.165, 1.54) is 0 Å². The zero-order valence-electron chi connectivity index (χ0n) is 11.2. The van der Waals surface area contributed by atoms with Crippen LogP contribution in [0.3, 0.4) is 0 Å². The molecule has 2 rings (SSSR count). The van der Waals surface area contributed by atoms with Crippen molar-refractivity contribution in [2.24, 2.45) is 0 Å². The first kappa shape index (κ1) is 15.1. The Morgan fingerprint density at radius 1 is 1.37 bits per heavy atom. The summed E-state index contributed by atoms with van der Waals surface area (Å²) in [5, 5.41) is 0.637. The second-order valence-electron chi connectivity index (χ2n) is 4.94. The zero-order chi connectivity index (χ0) is 13.8. The number of ether oxygens (including phenoxy) is 2. The Kier molecular flexibility index (Phi) is 5.51. The largest absolute Gasteiger partial charge is 0.491 e. The smallest absolute Gasteiger partial charge is 0.138 e. The lowest BCUT2D eigenvalue weighted by Crippen LogP contribution is -2.46. The lowest BCUT2D eigenvalue weighted by Gasteiger charge is -2.35. The summed E-state index contributed by atoms with van der Waals surface area (Å²) in [5.74, 6) is 0.735. The van der Waals surface area contributed by atoms with Crippen LogP contribution in [0.25, 0.3) is 0 Å². The van der Waals surface area contributed by atoms with Gasteiger partial charge in [0.2, 0.25) is 0 Å². The highest BCUT2D eigenvalue weighted by atomic mass is 79.9. The van der Waals surface area contributed by atoms with E-state index in [4.69, 9.17) is 21.1 Å². The molecule has 0 radical (unpaired) electrons. The molecular weight excluding hydrogens is 330 g/mol. The summed E-state index contributed by atoms with van der Waals surface area (Å²) in [5.41, 5.74) is 0. The van der Waals surface area contributed by atoms with Crippen LogP contribution in [-0.4, -0.2) is 43.3 Å². The van der Waals surface area contributed by atoms with Crippen molar-refractivity contribution >= 4 is 27.5 Å². The third kappa shape index (κ3) is 4.63. The molecule has 5 heteroatoms. The monoisotopic (exact) mass is 347 g/mol. The van der Waals surface area contributed by atoms with Gasteiger partial charge in [0.05, 0.1) is 17.2 Å². The number of morpholine rings is 1. The Morgan fingerprint density at radius 3 is 2.68 bits per heavy atom. The van der Waals surface area contributed by atoms with Gasteiger partial charge in [-0.05, 0) is 32.0 Å². The Balaban J connectivity index is 1.80. The fourth-order valence-corrected chi connectivity index (χ4v) is 3.07. The van der Waals surface area contributed by atoms with Crippen molar-refractivity contribution < 1.29 is 9.47 Å². The van der Waals surface area contributed by atoms with Crippen LogP contribution in [0.15, 0.2) is 22.7 Å².